The number of fused-ring (bicyclic) bond motifs is 5. The van der Waals surface area contributed by atoms with E-state index in [1.54, 1.807) is 0 Å². The molecule has 2 aliphatic rings. The second kappa shape index (κ2) is 5.61. The van der Waals surface area contributed by atoms with Crippen LogP contribution in [0, 0.1) is 11.3 Å². The quantitative estimate of drug-likeness (QED) is 0.420. The van der Waals surface area contributed by atoms with Crippen LogP contribution in [0.4, 0.5) is 17.1 Å². The summed E-state index contributed by atoms with van der Waals surface area (Å²) in [5, 5.41) is 9.81. The lowest BCUT2D eigenvalue weighted by atomic mass is 9.37. The molecule has 0 fully saturated rings. The SMILES string of the molecule is N#Cc1ccc2c3c1-c1ccccc1B3c1ccccc1N2c1ccccc1. The topological polar surface area (TPSA) is 27.0 Å². The van der Waals surface area contributed by atoms with Crippen molar-refractivity contribution in [3.8, 4) is 17.2 Å². The lowest BCUT2D eigenvalue weighted by molar-refractivity contribution is 1.29. The summed E-state index contributed by atoms with van der Waals surface area (Å²) in [6, 6.07) is 34.1. The minimum absolute atomic E-state index is 0.172. The van der Waals surface area contributed by atoms with Gasteiger partial charge in [0.05, 0.1) is 11.6 Å². The predicted octanol–water partition coefficient (Wildman–Crippen LogP) is 3.84. The van der Waals surface area contributed by atoms with Crippen LogP contribution in [0.3, 0.4) is 0 Å². The third kappa shape index (κ3) is 1.87. The third-order valence-electron chi connectivity index (χ3n) is 5.92. The second-order valence-electron chi connectivity index (χ2n) is 7.28. The van der Waals surface area contributed by atoms with Crippen molar-refractivity contribution in [2.24, 2.45) is 0 Å². The van der Waals surface area contributed by atoms with E-state index < -0.39 is 0 Å². The molecule has 0 radical (unpaired) electrons. The standard InChI is InChI=1S/C25H15BN2/c27-16-17-14-15-23-25-24(17)19-10-4-5-11-20(19)26(25)21-12-6-7-13-22(21)28(23)18-8-2-1-3-9-18/h1-15H. The van der Waals surface area contributed by atoms with Gasteiger partial charge in [-0.3, -0.25) is 0 Å². The lowest BCUT2D eigenvalue weighted by Gasteiger charge is -2.35. The molecule has 0 aromatic heterocycles. The molecule has 4 aromatic rings. The van der Waals surface area contributed by atoms with E-state index in [2.05, 4.69) is 89.8 Å². The first kappa shape index (κ1) is 15.3. The molecular formula is C25H15BN2. The molecule has 3 heteroatoms. The number of hydrogen-bond donors (Lipinski definition) is 0. The van der Waals surface area contributed by atoms with Gasteiger partial charge in [0.2, 0.25) is 6.71 Å². The molecule has 2 heterocycles. The van der Waals surface area contributed by atoms with Crippen molar-refractivity contribution in [2.75, 3.05) is 4.90 Å². The summed E-state index contributed by atoms with van der Waals surface area (Å²) in [6.45, 7) is 0.172. The Hall–Kier alpha value is -3.77. The van der Waals surface area contributed by atoms with E-state index in [4.69, 9.17) is 0 Å². The van der Waals surface area contributed by atoms with E-state index in [9.17, 15) is 5.26 Å². The highest BCUT2D eigenvalue weighted by atomic mass is 15.1. The van der Waals surface area contributed by atoms with Gasteiger partial charge in [-0.2, -0.15) is 5.26 Å². The summed E-state index contributed by atoms with van der Waals surface area (Å²) in [5.74, 6) is 0. The fraction of sp³-hybridized carbons (Fsp3) is 0. The Labute approximate surface area is 164 Å². The van der Waals surface area contributed by atoms with E-state index >= 15 is 0 Å². The van der Waals surface area contributed by atoms with E-state index in [0.29, 0.717) is 0 Å². The van der Waals surface area contributed by atoms with Crippen molar-refractivity contribution in [1.82, 2.24) is 0 Å². The fourth-order valence-electron chi connectivity index (χ4n) is 4.85. The first-order chi connectivity index (χ1) is 13.9. The molecule has 0 amide bonds. The first-order valence-electron chi connectivity index (χ1n) is 9.49. The fourth-order valence-corrected chi connectivity index (χ4v) is 4.85. The lowest BCUT2D eigenvalue weighted by Crippen LogP contribution is -2.54. The van der Waals surface area contributed by atoms with Gasteiger partial charge in [0.15, 0.2) is 0 Å². The smallest absolute Gasteiger partial charge is 0.248 e. The largest absolute Gasteiger partial charge is 0.311 e. The molecule has 2 aliphatic heterocycles. The normalized spacial score (nSPS) is 12.8. The Bertz CT molecular complexity index is 1290. The molecule has 2 nitrogen and oxygen atoms in total. The minimum Gasteiger partial charge on any atom is -0.311 e. The molecule has 0 bridgehead atoms. The van der Waals surface area contributed by atoms with Crippen LogP contribution in [0.15, 0.2) is 91.0 Å². The number of benzene rings is 4. The summed E-state index contributed by atoms with van der Waals surface area (Å²) < 4.78 is 0. The van der Waals surface area contributed by atoms with Crippen LogP contribution >= 0.6 is 0 Å². The van der Waals surface area contributed by atoms with Crippen LogP contribution in [0.25, 0.3) is 11.1 Å². The summed E-state index contributed by atoms with van der Waals surface area (Å²) in [5.41, 5.74) is 10.4. The summed E-state index contributed by atoms with van der Waals surface area (Å²) >= 11 is 0. The average Bonchev–Trinajstić information content (AvgIpc) is 3.12. The highest BCUT2D eigenvalue weighted by Gasteiger charge is 2.42. The molecule has 0 spiro atoms. The summed E-state index contributed by atoms with van der Waals surface area (Å²) in [4.78, 5) is 2.33. The number of para-hydroxylation sites is 2. The van der Waals surface area contributed by atoms with Crippen molar-refractivity contribution in [2.45, 2.75) is 0 Å². The van der Waals surface area contributed by atoms with Crippen LogP contribution < -0.4 is 21.3 Å². The van der Waals surface area contributed by atoms with Crippen LogP contribution in [0.1, 0.15) is 5.56 Å². The first-order valence-corrected chi connectivity index (χ1v) is 9.49. The number of hydrogen-bond acceptors (Lipinski definition) is 2. The number of anilines is 3. The Morgan fingerprint density at radius 1 is 0.679 bits per heavy atom. The van der Waals surface area contributed by atoms with Gasteiger partial charge in [0.25, 0.3) is 0 Å². The van der Waals surface area contributed by atoms with Gasteiger partial charge in [-0.1, -0.05) is 66.1 Å². The number of rotatable bonds is 1. The Kier molecular flexibility index (Phi) is 3.07. The Morgan fingerprint density at radius 3 is 2.21 bits per heavy atom. The minimum atomic E-state index is 0.172. The molecule has 128 valence electrons. The predicted molar refractivity (Wildman–Crippen MR) is 116 cm³/mol. The van der Waals surface area contributed by atoms with E-state index in [1.807, 2.05) is 12.1 Å². The van der Waals surface area contributed by atoms with Gasteiger partial charge in [0.1, 0.15) is 0 Å². The van der Waals surface area contributed by atoms with Gasteiger partial charge < -0.3 is 4.90 Å². The van der Waals surface area contributed by atoms with Crippen molar-refractivity contribution < 1.29 is 0 Å². The van der Waals surface area contributed by atoms with Crippen LogP contribution in [-0.4, -0.2) is 6.71 Å². The van der Waals surface area contributed by atoms with Gasteiger partial charge in [0, 0.05) is 17.1 Å². The maximum absolute atomic E-state index is 9.81. The highest BCUT2D eigenvalue weighted by molar-refractivity contribution is 7.01. The molecule has 0 N–H and O–H groups in total. The maximum Gasteiger partial charge on any atom is 0.248 e. The van der Waals surface area contributed by atoms with Crippen LogP contribution in [-0.2, 0) is 0 Å². The summed E-state index contributed by atoms with van der Waals surface area (Å²) in [6.07, 6.45) is 0. The van der Waals surface area contributed by atoms with Crippen LogP contribution in [0.5, 0.6) is 0 Å². The summed E-state index contributed by atoms with van der Waals surface area (Å²) in [7, 11) is 0. The van der Waals surface area contributed by atoms with Crippen molar-refractivity contribution >= 4 is 40.2 Å². The molecule has 0 aliphatic carbocycles. The van der Waals surface area contributed by atoms with Crippen molar-refractivity contribution in [1.29, 1.82) is 5.26 Å². The van der Waals surface area contributed by atoms with Gasteiger partial charge >= 0.3 is 0 Å². The zero-order valence-corrected chi connectivity index (χ0v) is 15.1. The zero-order valence-electron chi connectivity index (χ0n) is 15.1. The van der Waals surface area contributed by atoms with Gasteiger partial charge in [-0.25, -0.2) is 0 Å². The Morgan fingerprint density at radius 2 is 1.39 bits per heavy atom. The van der Waals surface area contributed by atoms with Crippen molar-refractivity contribution in [3.05, 3.63) is 96.6 Å². The van der Waals surface area contributed by atoms with Crippen LogP contribution in [0.2, 0.25) is 0 Å². The van der Waals surface area contributed by atoms with Crippen molar-refractivity contribution in [3.63, 3.8) is 0 Å². The van der Waals surface area contributed by atoms with E-state index in [-0.39, 0.29) is 6.71 Å². The molecule has 6 rings (SSSR count). The molecule has 0 unspecified atom stereocenters. The zero-order chi connectivity index (χ0) is 18.7. The average molecular weight is 354 g/mol. The molecule has 0 atom stereocenters. The highest BCUT2D eigenvalue weighted by Crippen LogP contribution is 2.40. The van der Waals surface area contributed by atoms with Gasteiger partial charge in [-0.05, 0) is 52.4 Å². The monoisotopic (exact) mass is 354 g/mol. The Balaban J connectivity index is 1.76. The number of nitriles is 1. The van der Waals surface area contributed by atoms with E-state index in [1.165, 1.54) is 33.3 Å². The molecular weight excluding hydrogens is 339 g/mol. The molecule has 0 saturated heterocycles. The number of nitrogens with zero attached hydrogens (tertiary/aromatic N) is 2. The maximum atomic E-state index is 9.81. The third-order valence-corrected chi connectivity index (χ3v) is 5.92. The molecule has 0 saturated carbocycles. The second-order valence-corrected chi connectivity index (χ2v) is 7.28. The molecule has 4 aromatic carbocycles. The van der Waals surface area contributed by atoms with Gasteiger partial charge in [-0.15, -0.1) is 0 Å². The molecule has 28 heavy (non-hydrogen) atoms. The van der Waals surface area contributed by atoms with E-state index in [0.717, 1.165) is 16.8 Å².